The number of aliphatic hydroxyl groups excluding tert-OH is 2. The van der Waals surface area contributed by atoms with E-state index in [0.717, 1.165) is 0 Å². The SMILES string of the molecule is CC(C)(C)OC(=O)N1CCN(C2C(=O)C(C(N)=O)=C(O)C3(O)C(=O)C4=C(O)c5c(O)cccc5CC4CC23)CC1. The van der Waals surface area contributed by atoms with Gasteiger partial charge in [0.1, 0.15) is 28.4 Å². The molecule has 2 fully saturated rings. The molecule has 214 valence electrons. The number of primary amides is 1. The second-order valence-electron chi connectivity index (χ2n) is 11.8. The number of Topliss-reactive ketones (excluding diaryl/α,β-unsaturated/α-hetero) is 2. The van der Waals surface area contributed by atoms with Gasteiger partial charge in [-0.25, -0.2) is 4.79 Å². The Morgan fingerprint density at radius 2 is 1.73 bits per heavy atom. The van der Waals surface area contributed by atoms with Gasteiger partial charge in [0.2, 0.25) is 5.78 Å². The highest BCUT2D eigenvalue weighted by Gasteiger charge is 2.64. The van der Waals surface area contributed by atoms with Crippen LogP contribution in [0, 0.1) is 11.8 Å². The number of benzene rings is 1. The maximum absolute atomic E-state index is 13.9. The van der Waals surface area contributed by atoms with E-state index in [2.05, 4.69) is 0 Å². The average molecular weight is 556 g/mol. The zero-order chi connectivity index (χ0) is 29.3. The van der Waals surface area contributed by atoms with Crippen molar-refractivity contribution in [3.05, 3.63) is 46.2 Å². The summed E-state index contributed by atoms with van der Waals surface area (Å²) in [7, 11) is 0. The number of carbonyl (C=O) groups is 4. The molecule has 1 aromatic carbocycles. The molecule has 3 aliphatic carbocycles. The minimum Gasteiger partial charge on any atom is -0.508 e. The number of fused-ring (bicyclic) bond motifs is 3. The van der Waals surface area contributed by atoms with E-state index in [0.29, 0.717) is 5.56 Å². The lowest BCUT2D eigenvalue weighted by atomic mass is 9.57. The first kappa shape index (κ1) is 27.7. The number of carbonyl (C=O) groups excluding carboxylic acids is 4. The van der Waals surface area contributed by atoms with Crippen LogP contribution in [0.5, 0.6) is 5.75 Å². The third-order valence-corrected chi connectivity index (χ3v) is 8.26. The fraction of sp³-hybridized carbons (Fsp3) is 0.500. The lowest BCUT2D eigenvalue weighted by Gasteiger charge is -2.52. The lowest BCUT2D eigenvalue weighted by Crippen LogP contribution is -2.68. The maximum atomic E-state index is 13.9. The van der Waals surface area contributed by atoms with Gasteiger partial charge >= 0.3 is 6.09 Å². The molecule has 1 heterocycles. The van der Waals surface area contributed by atoms with Crippen molar-refractivity contribution in [2.24, 2.45) is 17.6 Å². The number of piperazine rings is 1. The third-order valence-electron chi connectivity index (χ3n) is 8.26. The molecule has 4 atom stereocenters. The average Bonchev–Trinajstić information content (AvgIpc) is 2.85. The zero-order valence-electron chi connectivity index (χ0n) is 22.5. The van der Waals surface area contributed by atoms with Gasteiger partial charge in [0.15, 0.2) is 11.4 Å². The summed E-state index contributed by atoms with van der Waals surface area (Å²) in [5, 5.41) is 44.4. The Labute approximate surface area is 230 Å². The first-order valence-electron chi connectivity index (χ1n) is 13.2. The molecule has 0 radical (unpaired) electrons. The summed E-state index contributed by atoms with van der Waals surface area (Å²) in [5.74, 6) is -6.88. The molecule has 5 rings (SSSR count). The van der Waals surface area contributed by atoms with Crippen LogP contribution in [-0.2, 0) is 25.5 Å². The van der Waals surface area contributed by atoms with Crippen molar-refractivity contribution < 1.29 is 44.3 Å². The largest absolute Gasteiger partial charge is 0.508 e. The molecule has 40 heavy (non-hydrogen) atoms. The molecule has 0 spiro atoms. The Hall–Kier alpha value is -3.90. The van der Waals surface area contributed by atoms with E-state index >= 15 is 0 Å². The summed E-state index contributed by atoms with van der Waals surface area (Å²) in [6.07, 6.45) is -0.270. The summed E-state index contributed by atoms with van der Waals surface area (Å²) in [6.45, 7) is 5.94. The van der Waals surface area contributed by atoms with E-state index in [1.54, 1.807) is 37.8 Å². The highest BCUT2D eigenvalue weighted by molar-refractivity contribution is 6.24. The Bertz CT molecular complexity index is 1380. The predicted octanol–water partition coefficient (Wildman–Crippen LogP) is 0.955. The number of nitrogens with two attached hydrogens (primary N) is 1. The molecule has 0 aromatic heterocycles. The number of aliphatic hydroxyl groups is 3. The number of phenols is 1. The molecular formula is C28H33N3O9. The van der Waals surface area contributed by atoms with Crippen molar-refractivity contribution in [3.63, 3.8) is 0 Å². The molecule has 1 aliphatic heterocycles. The molecule has 1 saturated heterocycles. The minimum atomic E-state index is -2.72. The molecule has 0 bridgehead atoms. The van der Waals surface area contributed by atoms with Crippen LogP contribution in [0.2, 0.25) is 0 Å². The number of nitrogens with zero attached hydrogens (tertiary/aromatic N) is 2. The van der Waals surface area contributed by atoms with E-state index in [-0.39, 0.29) is 55.9 Å². The number of rotatable bonds is 2. The van der Waals surface area contributed by atoms with E-state index in [1.165, 1.54) is 11.0 Å². The summed E-state index contributed by atoms with van der Waals surface area (Å²) in [5.41, 5.74) is 1.62. The number of hydrogen-bond donors (Lipinski definition) is 5. The number of ether oxygens (including phenoxy) is 1. The monoisotopic (exact) mass is 555 g/mol. The number of amides is 2. The summed E-state index contributed by atoms with van der Waals surface area (Å²) < 4.78 is 5.43. The Morgan fingerprint density at radius 3 is 2.33 bits per heavy atom. The van der Waals surface area contributed by atoms with Crippen molar-refractivity contribution in [3.8, 4) is 5.75 Å². The first-order chi connectivity index (χ1) is 18.7. The second kappa shape index (κ2) is 9.34. The van der Waals surface area contributed by atoms with Crippen LogP contribution < -0.4 is 5.73 Å². The van der Waals surface area contributed by atoms with Crippen LogP contribution in [-0.4, -0.2) is 97.2 Å². The van der Waals surface area contributed by atoms with Gasteiger partial charge in [-0.2, -0.15) is 0 Å². The molecule has 2 amide bonds. The second-order valence-corrected chi connectivity index (χ2v) is 11.8. The van der Waals surface area contributed by atoms with Crippen LogP contribution in [0.15, 0.2) is 35.1 Å². The van der Waals surface area contributed by atoms with Gasteiger partial charge in [-0.15, -0.1) is 0 Å². The van der Waals surface area contributed by atoms with Crippen LogP contribution in [0.1, 0.15) is 38.3 Å². The van der Waals surface area contributed by atoms with Crippen molar-refractivity contribution >= 4 is 29.3 Å². The topological polar surface area (TPSA) is 191 Å². The number of phenolic OH excluding ortho intramolecular Hbond substituents is 1. The quantitative estimate of drug-likeness (QED) is 0.328. The lowest BCUT2D eigenvalue weighted by molar-refractivity contribution is -0.155. The number of aromatic hydroxyl groups is 1. The smallest absolute Gasteiger partial charge is 0.410 e. The van der Waals surface area contributed by atoms with E-state index in [4.69, 9.17) is 10.5 Å². The third kappa shape index (κ3) is 4.13. The Morgan fingerprint density at radius 1 is 1.07 bits per heavy atom. The zero-order valence-corrected chi connectivity index (χ0v) is 22.5. The van der Waals surface area contributed by atoms with Gasteiger partial charge in [-0.1, -0.05) is 12.1 Å². The van der Waals surface area contributed by atoms with Crippen LogP contribution in [0.25, 0.3) is 5.76 Å². The highest BCUT2D eigenvalue weighted by Crippen LogP contribution is 2.52. The van der Waals surface area contributed by atoms with Crippen LogP contribution >= 0.6 is 0 Å². The molecule has 1 saturated carbocycles. The first-order valence-corrected chi connectivity index (χ1v) is 13.2. The standard InChI is InChI=1S/C28H33N3O9/c1-27(2,3)40-26(38)31-9-7-30(8-10-31)20-15-12-14-11-13-5-4-6-16(32)17(13)21(33)18(14)23(35)28(15,39)24(36)19(22(20)34)25(29)37/h4-6,14-15,20,32-33,36,39H,7-12H2,1-3H3,(H2,29,37). The summed E-state index contributed by atoms with van der Waals surface area (Å²) >= 11 is 0. The van der Waals surface area contributed by atoms with Crippen LogP contribution in [0.3, 0.4) is 0 Å². The summed E-state index contributed by atoms with van der Waals surface area (Å²) in [4.78, 5) is 55.7. The molecule has 4 unspecified atom stereocenters. The molecule has 1 aromatic rings. The van der Waals surface area contributed by atoms with Crippen molar-refractivity contribution in [2.75, 3.05) is 26.2 Å². The van der Waals surface area contributed by atoms with E-state index < -0.39 is 69.7 Å². The molecular weight excluding hydrogens is 522 g/mol. The van der Waals surface area contributed by atoms with Gasteiger partial charge in [-0.05, 0) is 51.2 Å². The van der Waals surface area contributed by atoms with E-state index in [1.807, 2.05) is 0 Å². The maximum Gasteiger partial charge on any atom is 0.410 e. The highest BCUT2D eigenvalue weighted by atomic mass is 16.6. The number of hydrogen-bond acceptors (Lipinski definition) is 10. The van der Waals surface area contributed by atoms with Crippen molar-refractivity contribution in [2.45, 2.75) is 50.9 Å². The predicted molar refractivity (Wildman–Crippen MR) is 140 cm³/mol. The van der Waals surface area contributed by atoms with Gasteiger partial charge in [0, 0.05) is 37.7 Å². The van der Waals surface area contributed by atoms with Crippen molar-refractivity contribution in [1.82, 2.24) is 9.80 Å². The van der Waals surface area contributed by atoms with Gasteiger partial charge in [0.05, 0.1) is 11.6 Å². The Balaban J connectivity index is 1.54. The Kier molecular flexibility index (Phi) is 6.46. The van der Waals surface area contributed by atoms with Crippen molar-refractivity contribution in [1.29, 1.82) is 0 Å². The van der Waals surface area contributed by atoms with E-state index in [9.17, 15) is 39.6 Å². The molecule has 6 N–H and O–H groups in total. The van der Waals surface area contributed by atoms with Gasteiger partial charge in [0.25, 0.3) is 5.91 Å². The van der Waals surface area contributed by atoms with Crippen LogP contribution in [0.4, 0.5) is 4.79 Å². The van der Waals surface area contributed by atoms with Gasteiger partial charge in [-0.3, -0.25) is 19.3 Å². The minimum absolute atomic E-state index is 0.00944. The summed E-state index contributed by atoms with van der Waals surface area (Å²) in [6, 6.07) is 3.46. The fourth-order valence-corrected chi connectivity index (χ4v) is 6.52. The number of ketones is 2. The normalized spacial score (nSPS) is 29.1. The molecule has 12 heteroatoms. The molecule has 4 aliphatic rings. The van der Waals surface area contributed by atoms with Gasteiger partial charge < -0.3 is 35.8 Å². The fourth-order valence-electron chi connectivity index (χ4n) is 6.52. The molecule has 12 nitrogen and oxygen atoms in total.